The predicted octanol–water partition coefficient (Wildman–Crippen LogP) is 3.45. The Morgan fingerprint density at radius 2 is 1.96 bits per heavy atom. The summed E-state index contributed by atoms with van der Waals surface area (Å²) in [6.07, 6.45) is 4.03. The zero-order chi connectivity index (χ0) is 20.4. The maximum absolute atomic E-state index is 12.2. The van der Waals surface area contributed by atoms with Crippen LogP contribution in [0.15, 0.2) is 34.5 Å². The summed E-state index contributed by atoms with van der Waals surface area (Å²) in [7, 11) is 3.02. The van der Waals surface area contributed by atoms with Crippen LogP contribution >= 0.6 is 22.6 Å². The third kappa shape index (κ3) is 8.11. The van der Waals surface area contributed by atoms with Crippen LogP contribution in [-0.2, 0) is 20.7 Å². The molecule has 0 saturated heterocycles. The lowest BCUT2D eigenvalue weighted by molar-refractivity contribution is -0.142. The molecule has 6 nitrogen and oxygen atoms in total. The number of nitrogens with zero attached hydrogens (tertiary/aromatic N) is 1. The van der Waals surface area contributed by atoms with Crippen molar-refractivity contribution in [2.24, 2.45) is 0 Å². The van der Waals surface area contributed by atoms with Crippen molar-refractivity contribution in [3.63, 3.8) is 0 Å². The summed E-state index contributed by atoms with van der Waals surface area (Å²) in [4.78, 5) is 37.1. The molecule has 0 aliphatic rings. The highest BCUT2D eigenvalue weighted by Crippen LogP contribution is 2.13. The molecule has 0 aromatic heterocycles. The normalized spacial score (nSPS) is 11.4. The topological polar surface area (TPSA) is 75.7 Å². The van der Waals surface area contributed by atoms with E-state index in [0.717, 1.165) is 31.2 Å². The number of ether oxygens (including phenoxy) is 1. The molecule has 1 aromatic carbocycles. The van der Waals surface area contributed by atoms with Crippen molar-refractivity contribution in [1.29, 1.82) is 0 Å². The van der Waals surface area contributed by atoms with Crippen LogP contribution in [0.25, 0.3) is 0 Å². The minimum atomic E-state index is -0.694. The van der Waals surface area contributed by atoms with E-state index in [1.807, 2.05) is 40.8 Å². The van der Waals surface area contributed by atoms with E-state index in [1.54, 1.807) is 24.9 Å². The fourth-order valence-corrected chi connectivity index (χ4v) is 2.74. The molecule has 0 aliphatic heterocycles. The first kappa shape index (κ1) is 23.1. The third-order valence-corrected chi connectivity index (χ3v) is 4.91. The van der Waals surface area contributed by atoms with Gasteiger partial charge in [0.1, 0.15) is 6.04 Å². The van der Waals surface area contributed by atoms with Gasteiger partial charge in [0, 0.05) is 19.0 Å². The van der Waals surface area contributed by atoms with Crippen molar-refractivity contribution in [2.45, 2.75) is 45.1 Å². The van der Waals surface area contributed by atoms with Gasteiger partial charge in [-0.3, -0.25) is 9.59 Å². The van der Waals surface area contributed by atoms with E-state index in [9.17, 15) is 14.4 Å². The van der Waals surface area contributed by atoms with Crippen molar-refractivity contribution in [3.05, 3.63) is 45.7 Å². The van der Waals surface area contributed by atoms with Crippen molar-refractivity contribution < 1.29 is 19.1 Å². The van der Waals surface area contributed by atoms with E-state index in [-0.39, 0.29) is 11.8 Å². The molecule has 1 rings (SSSR count). The molecule has 7 heteroatoms. The van der Waals surface area contributed by atoms with Gasteiger partial charge < -0.3 is 15.0 Å². The van der Waals surface area contributed by atoms with Crippen LogP contribution in [0.3, 0.4) is 0 Å². The van der Waals surface area contributed by atoms with Crippen LogP contribution in [0.2, 0.25) is 0 Å². The SMILES string of the molecule is C=C(I)N(C)C(=O)CCCCCc1cccc(C(=O)N[C@H](C)C(=O)OC)c1. The van der Waals surface area contributed by atoms with E-state index in [1.165, 1.54) is 7.11 Å². The second kappa shape index (κ2) is 11.7. The second-order valence-electron chi connectivity index (χ2n) is 6.31. The Bertz CT molecular complexity index is 690. The van der Waals surface area contributed by atoms with Crippen LogP contribution in [0, 0.1) is 0 Å². The van der Waals surface area contributed by atoms with E-state index in [0.29, 0.717) is 15.7 Å². The molecule has 27 heavy (non-hydrogen) atoms. The number of esters is 1. The highest BCUT2D eigenvalue weighted by atomic mass is 127. The highest BCUT2D eigenvalue weighted by Gasteiger charge is 2.17. The lowest BCUT2D eigenvalue weighted by Crippen LogP contribution is -2.39. The van der Waals surface area contributed by atoms with E-state index >= 15 is 0 Å². The molecule has 148 valence electrons. The van der Waals surface area contributed by atoms with Crippen LogP contribution in [0.4, 0.5) is 0 Å². The van der Waals surface area contributed by atoms with Crippen molar-refractivity contribution in [2.75, 3.05) is 14.2 Å². The number of benzene rings is 1. The highest BCUT2D eigenvalue weighted by molar-refractivity contribution is 14.1. The number of carbonyl (C=O) groups is 3. The lowest BCUT2D eigenvalue weighted by atomic mass is 10.0. The quantitative estimate of drug-likeness (QED) is 0.238. The first-order chi connectivity index (χ1) is 12.8. The summed E-state index contributed by atoms with van der Waals surface area (Å²) in [5.74, 6) is -0.707. The van der Waals surface area contributed by atoms with E-state index in [2.05, 4.69) is 16.6 Å². The number of aryl methyl sites for hydroxylation is 1. The van der Waals surface area contributed by atoms with Gasteiger partial charge in [-0.15, -0.1) is 0 Å². The number of amides is 2. The number of hydrogen-bond acceptors (Lipinski definition) is 4. The summed E-state index contributed by atoms with van der Waals surface area (Å²) in [6.45, 7) is 5.33. The number of carbonyl (C=O) groups excluding carboxylic acids is 3. The van der Waals surface area contributed by atoms with Crippen LogP contribution in [0.5, 0.6) is 0 Å². The number of methoxy groups -OCH3 is 1. The Balaban J connectivity index is 2.44. The molecule has 0 fully saturated rings. The number of hydrogen-bond donors (Lipinski definition) is 1. The summed E-state index contributed by atoms with van der Waals surface area (Å²) in [5.41, 5.74) is 1.57. The van der Waals surface area contributed by atoms with Gasteiger partial charge in [-0.2, -0.15) is 0 Å². The number of unbranched alkanes of at least 4 members (excludes halogenated alkanes) is 2. The molecule has 0 radical (unpaired) electrons. The standard InChI is InChI=1S/C20H27IN2O4/c1-14(20(26)27-4)22-19(25)17-11-8-10-16(13-17)9-6-5-7-12-18(24)23(3)15(2)21/h8,10-11,13-14H,2,5-7,9,12H2,1,3-4H3,(H,22,25)/t14-/m1/s1. The molecule has 0 unspecified atom stereocenters. The number of rotatable bonds is 10. The first-order valence-corrected chi connectivity index (χ1v) is 9.92. The molecule has 0 heterocycles. The fraction of sp³-hybridized carbons (Fsp3) is 0.450. The minimum absolute atomic E-state index is 0.0767. The van der Waals surface area contributed by atoms with Crippen LogP contribution in [0.1, 0.15) is 48.5 Å². The van der Waals surface area contributed by atoms with Gasteiger partial charge in [-0.1, -0.05) is 25.1 Å². The molecule has 1 aromatic rings. The smallest absolute Gasteiger partial charge is 0.328 e. The van der Waals surface area contributed by atoms with Gasteiger partial charge >= 0.3 is 5.97 Å². The molecule has 1 atom stereocenters. The molecule has 0 aliphatic carbocycles. The monoisotopic (exact) mass is 486 g/mol. The van der Waals surface area contributed by atoms with Crippen molar-refractivity contribution >= 4 is 40.4 Å². The zero-order valence-electron chi connectivity index (χ0n) is 16.1. The van der Waals surface area contributed by atoms with Gasteiger partial charge in [0.05, 0.1) is 10.8 Å². The Hall–Kier alpha value is -1.90. The number of halogens is 1. The first-order valence-electron chi connectivity index (χ1n) is 8.84. The number of nitrogens with one attached hydrogen (secondary N) is 1. The molecule has 2 amide bonds. The van der Waals surface area contributed by atoms with E-state index < -0.39 is 12.0 Å². The summed E-state index contributed by atoms with van der Waals surface area (Å²) in [6, 6.07) is 6.66. The maximum Gasteiger partial charge on any atom is 0.328 e. The van der Waals surface area contributed by atoms with Gasteiger partial charge in [0.15, 0.2) is 0 Å². The fourth-order valence-electron chi connectivity index (χ4n) is 2.47. The zero-order valence-corrected chi connectivity index (χ0v) is 18.2. The molecular weight excluding hydrogens is 459 g/mol. The second-order valence-corrected chi connectivity index (χ2v) is 7.55. The van der Waals surface area contributed by atoms with Gasteiger partial charge in [0.2, 0.25) is 5.91 Å². The molecule has 1 N–H and O–H groups in total. The molecule has 0 spiro atoms. The Morgan fingerprint density at radius 1 is 1.26 bits per heavy atom. The molecular formula is C20H27IN2O4. The molecule has 0 bridgehead atoms. The largest absolute Gasteiger partial charge is 0.467 e. The predicted molar refractivity (Wildman–Crippen MR) is 113 cm³/mol. The third-order valence-electron chi connectivity index (χ3n) is 4.19. The Kier molecular flexibility index (Phi) is 10.1. The van der Waals surface area contributed by atoms with Gasteiger partial charge in [-0.05, 0) is 66.5 Å². The summed E-state index contributed by atoms with van der Waals surface area (Å²) in [5, 5.41) is 2.62. The van der Waals surface area contributed by atoms with E-state index in [4.69, 9.17) is 0 Å². The van der Waals surface area contributed by atoms with Gasteiger partial charge in [0.25, 0.3) is 5.91 Å². The minimum Gasteiger partial charge on any atom is -0.467 e. The molecule has 0 saturated carbocycles. The Morgan fingerprint density at radius 3 is 2.59 bits per heavy atom. The Labute approximate surface area is 174 Å². The lowest BCUT2D eigenvalue weighted by Gasteiger charge is -2.15. The van der Waals surface area contributed by atoms with Crippen LogP contribution < -0.4 is 5.32 Å². The average Bonchev–Trinajstić information content (AvgIpc) is 2.66. The van der Waals surface area contributed by atoms with Crippen molar-refractivity contribution in [3.8, 4) is 0 Å². The summed E-state index contributed by atoms with van der Waals surface area (Å²) >= 11 is 2.03. The maximum atomic E-state index is 12.2. The average molecular weight is 486 g/mol. The van der Waals surface area contributed by atoms with Crippen molar-refractivity contribution in [1.82, 2.24) is 10.2 Å². The van der Waals surface area contributed by atoms with Gasteiger partial charge in [-0.25, -0.2) is 4.79 Å². The summed E-state index contributed by atoms with van der Waals surface area (Å²) < 4.78 is 5.32. The van der Waals surface area contributed by atoms with Crippen LogP contribution in [-0.4, -0.2) is 42.9 Å².